The molecule has 0 saturated heterocycles. The Morgan fingerprint density at radius 3 is 2.39 bits per heavy atom. The zero-order chi connectivity index (χ0) is 22.8. The zero-order valence-electron chi connectivity index (χ0n) is 20.4. The highest BCUT2D eigenvalue weighted by Crippen LogP contribution is 2.87. The Balaban J connectivity index is 1.58. The van der Waals surface area contributed by atoms with Crippen molar-refractivity contribution in [2.75, 3.05) is 20.7 Å². The number of aliphatic hydroxyl groups excluding tert-OH is 2. The Labute approximate surface area is 188 Å². The number of aliphatic hydroxyl groups is 2. The van der Waals surface area contributed by atoms with Crippen LogP contribution in [-0.2, 0) is 4.79 Å². The summed E-state index contributed by atoms with van der Waals surface area (Å²) >= 11 is 0. The van der Waals surface area contributed by atoms with Gasteiger partial charge in [0.1, 0.15) is 5.78 Å². The maximum Gasteiger partial charge on any atom is 0.140 e. The van der Waals surface area contributed by atoms with Crippen molar-refractivity contribution < 1.29 is 15.0 Å². The van der Waals surface area contributed by atoms with Crippen molar-refractivity contribution in [1.29, 1.82) is 0 Å². The molecule has 0 radical (unpaired) electrons. The minimum Gasteiger partial charge on any atom is -0.396 e. The lowest BCUT2D eigenvalue weighted by Gasteiger charge is -2.62. The van der Waals surface area contributed by atoms with Crippen molar-refractivity contribution in [2.45, 2.75) is 90.8 Å². The molecule has 176 valence electrons. The van der Waals surface area contributed by atoms with Crippen LogP contribution in [0.5, 0.6) is 0 Å². The van der Waals surface area contributed by atoms with Gasteiger partial charge in [0.25, 0.3) is 0 Å². The van der Waals surface area contributed by atoms with Gasteiger partial charge >= 0.3 is 0 Å². The number of nitrogens with zero attached hydrogens (tertiary/aromatic N) is 1. The molecule has 5 saturated carbocycles. The summed E-state index contributed by atoms with van der Waals surface area (Å²) in [5.41, 5.74) is 5.86. The molecule has 0 unspecified atom stereocenters. The standard InChI is InChI=1S/C26H44N2O3/c1-15(28(5)6)21-16(30)11-23(3)18-8-7-17-22(2,14-29)19(27)9-10-25(17)13-26(18,25)20(31)12-24(21,23)4/h15-19,21,29-30H,7-14,27H2,1-6H3/t15-,16+,17-,18-,19-,21-,22-,23-,24+,25+,26+/m0/s1. The van der Waals surface area contributed by atoms with E-state index in [9.17, 15) is 15.0 Å². The Kier molecular flexibility index (Phi) is 4.56. The fourth-order valence-corrected chi connectivity index (χ4v) is 10.4. The molecule has 0 aromatic rings. The number of fused-ring (bicyclic) bond motifs is 2. The van der Waals surface area contributed by atoms with Crippen LogP contribution in [0, 0.1) is 44.8 Å². The highest BCUT2D eigenvalue weighted by molar-refractivity contribution is 5.92. The first-order valence-electron chi connectivity index (χ1n) is 12.6. The van der Waals surface area contributed by atoms with Gasteiger partial charge in [-0.3, -0.25) is 4.79 Å². The van der Waals surface area contributed by atoms with Crippen molar-refractivity contribution in [3.8, 4) is 0 Å². The molecule has 0 aliphatic heterocycles. The molecule has 0 heterocycles. The lowest BCUT2D eigenvalue weighted by molar-refractivity contribution is -0.172. The Hall–Kier alpha value is -0.490. The van der Waals surface area contributed by atoms with Gasteiger partial charge in [0.15, 0.2) is 0 Å². The van der Waals surface area contributed by atoms with Gasteiger partial charge in [-0.2, -0.15) is 0 Å². The number of ketones is 1. The average molecular weight is 433 g/mol. The highest BCUT2D eigenvalue weighted by atomic mass is 16.3. The van der Waals surface area contributed by atoms with E-state index in [0.29, 0.717) is 24.0 Å². The van der Waals surface area contributed by atoms with Gasteiger partial charge in [-0.15, -0.1) is 0 Å². The summed E-state index contributed by atoms with van der Waals surface area (Å²) in [5, 5.41) is 21.7. The molecular weight excluding hydrogens is 388 g/mol. The quantitative estimate of drug-likeness (QED) is 0.638. The summed E-state index contributed by atoms with van der Waals surface area (Å²) in [7, 11) is 4.18. The van der Waals surface area contributed by atoms with E-state index in [1.165, 1.54) is 0 Å². The third-order valence-corrected chi connectivity index (χ3v) is 12.5. The zero-order valence-corrected chi connectivity index (χ0v) is 20.4. The monoisotopic (exact) mass is 432 g/mol. The molecule has 5 aliphatic carbocycles. The molecule has 5 nitrogen and oxygen atoms in total. The minimum absolute atomic E-state index is 0.0143. The summed E-state index contributed by atoms with van der Waals surface area (Å²) in [6.45, 7) is 9.22. The Bertz CT molecular complexity index is 802. The van der Waals surface area contributed by atoms with Gasteiger partial charge in [0.2, 0.25) is 0 Å². The predicted molar refractivity (Wildman–Crippen MR) is 121 cm³/mol. The minimum atomic E-state index is -0.356. The lowest BCUT2D eigenvalue weighted by Crippen LogP contribution is -2.63. The second kappa shape index (κ2) is 6.34. The van der Waals surface area contributed by atoms with Crippen LogP contribution in [0.2, 0.25) is 0 Å². The molecule has 31 heavy (non-hydrogen) atoms. The number of rotatable bonds is 3. The molecule has 0 aromatic heterocycles. The van der Waals surface area contributed by atoms with E-state index in [0.717, 1.165) is 38.5 Å². The molecule has 0 aromatic carbocycles. The van der Waals surface area contributed by atoms with Crippen molar-refractivity contribution in [3.63, 3.8) is 0 Å². The van der Waals surface area contributed by atoms with Gasteiger partial charge in [0.05, 0.1) is 12.7 Å². The second-order valence-electron chi connectivity index (χ2n) is 13.2. The predicted octanol–water partition coefficient (Wildman–Crippen LogP) is 2.83. The van der Waals surface area contributed by atoms with E-state index in [-0.39, 0.29) is 57.8 Å². The van der Waals surface area contributed by atoms with Crippen LogP contribution in [0.1, 0.15) is 72.6 Å². The molecule has 5 aliphatic rings. The number of carbonyl (C=O) groups excluding carboxylic acids is 1. The van der Waals surface area contributed by atoms with Crippen molar-refractivity contribution >= 4 is 5.78 Å². The molecule has 11 atom stereocenters. The fourth-order valence-electron chi connectivity index (χ4n) is 10.4. The maximum absolute atomic E-state index is 14.2. The Morgan fingerprint density at radius 2 is 1.77 bits per heavy atom. The maximum atomic E-state index is 14.2. The van der Waals surface area contributed by atoms with E-state index in [1.54, 1.807) is 0 Å². The third kappa shape index (κ3) is 2.26. The third-order valence-electron chi connectivity index (χ3n) is 12.5. The molecule has 0 amide bonds. The van der Waals surface area contributed by atoms with E-state index < -0.39 is 0 Å². The van der Waals surface area contributed by atoms with Crippen LogP contribution in [-0.4, -0.2) is 59.8 Å². The van der Waals surface area contributed by atoms with Crippen LogP contribution < -0.4 is 5.73 Å². The summed E-state index contributed by atoms with van der Waals surface area (Å²) in [4.78, 5) is 16.4. The first kappa shape index (κ1) is 22.3. The lowest BCUT2D eigenvalue weighted by atomic mass is 9.41. The number of Topliss-reactive ketones (excluding diaryl/α,β-unsaturated/α-hetero) is 1. The summed E-state index contributed by atoms with van der Waals surface area (Å²) in [6.07, 6.45) is 6.06. The van der Waals surface area contributed by atoms with E-state index in [1.807, 2.05) is 0 Å². The molecule has 5 rings (SSSR count). The average Bonchev–Trinajstić information content (AvgIpc) is 3.34. The summed E-state index contributed by atoms with van der Waals surface area (Å²) in [6, 6.07) is 0.249. The van der Waals surface area contributed by atoms with Gasteiger partial charge in [-0.1, -0.05) is 20.8 Å². The number of carbonyl (C=O) groups is 1. The van der Waals surface area contributed by atoms with Gasteiger partial charge in [0, 0.05) is 35.3 Å². The SMILES string of the molecule is C[C@@H]([C@H]1[C@H](O)C[C@@]2(C)[C@@H]3CC[C@H]4[C@](C)(CO)[C@@H](N)CC[C@@]45C[C@]35C(=O)C[C@]12C)N(C)C. The van der Waals surface area contributed by atoms with Crippen molar-refractivity contribution in [3.05, 3.63) is 0 Å². The van der Waals surface area contributed by atoms with Crippen molar-refractivity contribution in [1.82, 2.24) is 4.90 Å². The molecule has 4 N–H and O–H groups in total. The first-order valence-corrected chi connectivity index (χ1v) is 12.6. The van der Waals surface area contributed by atoms with Gasteiger partial charge < -0.3 is 20.8 Å². The molecule has 5 heteroatoms. The topological polar surface area (TPSA) is 86.8 Å². The smallest absolute Gasteiger partial charge is 0.140 e. The molecule has 5 fully saturated rings. The molecule has 2 spiro atoms. The van der Waals surface area contributed by atoms with Crippen LogP contribution in [0.3, 0.4) is 0 Å². The van der Waals surface area contributed by atoms with Crippen LogP contribution in [0.4, 0.5) is 0 Å². The number of hydrogen-bond acceptors (Lipinski definition) is 5. The van der Waals surface area contributed by atoms with Crippen LogP contribution >= 0.6 is 0 Å². The largest absolute Gasteiger partial charge is 0.396 e. The Morgan fingerprint density at radius 1 is 1.13 bits per heavy atom. The van der Waals surface area contributed by atoms with Gasteiger partial charge in [-0.25, -0.2) is 0 Å². The second-order valence-corrected chi connectivity index (χ2v) is 13.2. The van der Waals surface area contributed by atoms with Crippen LogP contribution in [0.25, 0.3) is 0 Å². The fraction of sp³-hybridized carbons (Fsp3) is 0.962. The van der Waals surface area contributed by atoms with Crippen LogP contribution in [0.15, 0.2) is 0 Å². The van der Waals surface area contributed by atoms with E-state index in [2.05, 4.69) is 46.7 Å². The van der Waals surface area contributed by atoms with E-state index >= 15 is 0 Å². The molecule has 0 bridgehead atoms. The van der Waals surface area contributed by atoms with E-state index in [4.69, 9.17) is 5.73 Å². The highest BCUT2D eigenvalue weighted by Gasteiger charge is 2.86. The molecular formula is C26H44N2O3. The number of nitrogens with two attached hydrogens (primary N) is 1. The van der Waals surface area contributed by atoms with Gasteiger partial charge in [-0.05, 0) is 87.6 Å². The first-order chi connectivity index (χ1) is 14.4. The summed E-state index contributed by atoms with van der Waals surface area (Å²) < 4.78 is 0. The normalized spacial score (nSPS) is 58.9. The summed E-state index contributed by atoms with van der Waals surface area (Å²) in [5.74, 6) is 1.25. The van der Waals surface area contributed by atoms with Crippen molar-refractivity contribution in [2.24, 2.45) is 50.6 Å². The number of hydrogen-bond donors (Lipinski definition) is 3.